The first-order chi connectivity index (χ1) is 18.5. The summed E-state index contributed by atoms with van der Waals surface area (Å²) in [4.78, 5) is 34.7. The van der Waals surface area contributed by atoms with Crippen LogP contribution in [0.5, 0.6) is 0 Å². The van der Waals surface area contributed by atoms with E-state index in [4.69, 9.17) is 9.72 Å². The van der Waals surface area contributed by atoms with Crippen LogP contribution in [0.1, 0.15) is 94.4 Å². The Morgan fingerprint density at radius 2 is 1.87 bits per heavy atom. The summed E-state index contributed by atoms with van der Waals surface area (Å²) in [5, 5.41) is 0. The van der Waals surface area contributed by atoms with Crippen LogP contribution in [0.2, 0.25) is 0 Å². The molecule has 2 amide bonds. The van der Waals surface area contributed by atoms with E-state index in [0.717, 1.165) is 41.7 Å². The zero-order valence-electron chi connectivity index (χ0n) is 23.8. The molecule has 3 heterocycles. The van der Waals surface area contributed by atoms with Gasteiger partial charge in [-0.3, -0.25) is 4.79 Å². The van der Waals surface area contributed by atoms with Gasteiger partial charge in [-0.25, -0.2) is 14.2 Å². The number of hydrogen-bond acceptors (Lipinski definition) is 4. The molecule has 0 N–H and O–H groups in total. The Balaban J connectivity index is 1.60. The number of amides is 2. The number of ether oxygens (including phenoxy) is 1. The van der Waals surface area contributed by atoms with Crippen LogP contribution < -0.4 is 0 Å². The van der Waals surface area contributed by atoms with Crippen molar-refractivity contribution in [2.75, 3.05) is 19.6 Å². The first kappa shape index (κ1) is 27.2. The lowest BCUT2D eigenvalue weighted by Gasteiger charge is -2.26. The molecule has 1 saturated carbocycles. The lowest BCUT2D eigenvalue weighted by atomic mass is 9.93. The van der Waals surface area contributed by atoms with Crippen molar-refractivity contribution in [2.24, 2.45) is 0 Å². The highest BCUT2D eigenvalue weighted by atomic mass is 19.1. The molecule has 2 aliphatic rings. The minimum absolute atomic E-state index is 0.0151. The fourth-order valence-electron chi connectivity index (χ4n) is 5.57. The van der Waals surface area contributed by atoms with Gasteiger partial charge >= 0.3 is 6.09 Å². The average Bonchev–Trinajstić information content (AvgIpc) is 3.41. The maximum atomic E-state index is 14.5. The summed E-state index contributed by atoms with van der Waals surface area (Å²) in [5.41, 5.74) is 3.31. The van der Waals surface area contributed by atoms with E-state index in [0.29, 0.717) is 36.7 Å². The molecule has 8 heteroatoms. The van der Waals surface area contributed by atoms with Crippen LogP contribution in [-0.4, -0.2) is 62.5 Å². The molecule has 0 bridgehead atoms. The molecule has 7 nitrogen and oxygen atoms in total. The van der Waals surface area contributed by atoms with E-state index >= 15 is 0 Å². The molecular formula is C31H39FN4O3. The van der Waals surface area contributed by atoms with Gasteiger partial charge in [0.15, 0.2) is 0 Å². The standard InChI is InChI=1S/C31H39FN4O3/c1-7-35(19(2)3)29(37)26-15-23(32)10-11-24(26)25-14-22(18-36-27(25)16-33-28(36)20-8-9-20)21-12-13-34(17-21)30(38)39-31(4,5)6/h10-11,14-16,18-21H,7-9,12-13,17H2,1-6H3. The van der Waals surface area contributed by atoms with Crippen LogP contribution in [0.25, 0.3) is 16.6 Å². The van der Waals surface area contributed by atoms with Gasteiger partial charge in [-0.05, 0) is 90.1 Å². The minimum Gasteiger partial charge on any atom is -0.444 e. The van der Waals surface area contributed by atoms with Crippen molar-refractivity contribution >= 4 is 17.5 Å². The SMILES string of the molecule is CCN(C(=O)c1cc(F)ccc1-c1cc(C2CCN(C(=O)OC(C)(C)C)C2)cn2c(C3CC3)ncc12)C(C)C. The second kappa shape index (κ2) is 10.3. The highest BCUT2D eigenvalue weighted by Gasteiger charge is 2.33. The zero-order valence-corrected chi connectivity index (χ0v) is 23.8. The Kier molecular flexibility index (Phi) is 7.16. The summed E-state index contributed by atoms with van der Waals surface area (Å²) in [5.74, 6) is 0.915. The zero-order chi connectivity index (χ0) is 28.1. The summed E-state index contributed by atoms with van der Waals surface area (Å²) in [6, 6.07) is 6.57. The number of halogens is 1. The van der Waals surface area contributed by atoms with Crippen molar-refractivity contribution in [1.29, 1.82) is 0 Å². The van der Waals surface area contributed by atoms with Gasteiger partial charge in [-0.1, -0.05) is 6.07 Å². The van der Waals surface area contributed by atoms with E-state index < -0.39 is 11.4 Å². The Morgan fingerprint density at radius 3 is 2.51 bits per heavy atom. The monoisotopic (exact) mass is 534 g/mol. The topological polar surface area (TPSA) is 67.2 Å². The third-order valence-corrected chi connectivity index (χ3v) is 7.67. The van der Waals surface area contributed by atoms with E-state index in [1.807, 2.05) is 47.7 Å². The predicted molar refractivity (Wildman–Crippen MR) is 150 cm³/mol. The number of carbonyl (C=O) groups is 2. The van der Waals surface area contributed by atoms with E-state index in [2.05, 4.69) is 16.7 Å². The maximum absolute atomic E-state index is 14.5. The highest BCUT2D eigenvalue weighted by molar-refractivity contribution is 6.03. The highest BCUT2D eigenvalue weighted by Crippen LogP contribution is 2.42. The number of aromatic nitrogens is 2. The fraction of sp³-hybridized carbons (Fsp3) is 0.516. The molecule has 39 heavy (non-hydrogen) atoms. The number of imidazole rings is 1. The molecule has 1 aliphatic heterocycles. The molecule has 1 saturated heterocycles. The number of benzene rings is 1. The molecule has 0 spiro atoms. The average molecular weight is 535 g/mol. The summed E-state index contributed by atoms with van der Waals surface area (Å²) < 4.78 is 22.3. The summed E-state index contributed by atoms with van der Waals surface area (Å²) in [6.45, 7) is 13.2. The van der Waals surface area contributed by atoms with Gasteiger partial charge in [-0.15, -0.1) is 0 Å². The van der Waals surface area contributed by atoms with E-state index in [1.165, 1.54) is 12.1 Å². The van der Waals surface area contributed by atoms with Crippen molar-refractivity contribution in [1.82, 2.24) is 19.2 Å². The van der Waals surface area contributed by atoms with Crippen LogP contribution in [0.3, 0.4) is 0 Å². The number of pyridine rings is 1. The van der Waals surface area contributed by atoms with Gasteiger partial charge in [0.2, 0.25) is 0 Å². The Hall–Kier alpha value is -3.42. The van der Waals surface area contributed by atoms with Crippen molar-refractivity contribution in [3.63, 3.8) is 0 Å². The third-order valence-electron chi connectivity index (χ3n) is 7.67. The van der Waals surface area contributed by atoms with Crippen LogP contribution in [-0.2, 0) is 4.74 Å². The molecule has 2 fully saturated rings. The van der Waals surface area contributed by atoms with Gasteiger partial charge < -0.3 is 18.9 Å². The Bertz CT molecular complexity index is 1400. The summed E-state index contributed by atoms with van der Waals surface area (Å²) >= 11 is 0. The summed E-state index contributed by atoms with van der Waals surface area (Å²) in [6.07, 6.45) is 6.73. The molecule has 1 aliphatic carbocycles. The van der Waals surface area contributed by atoms with E-state index in [-0.39, 0.29) is 24.0 Å². The van der Waals surface area contributed by atoms with Gasteiger partial charge in [0, 0.05) is 49.3 Å². The number of rotatable bonds is 6. The van der Waals surface area contributed by atoms with Crippen molar-refractivity contribution in [3.8, 4) is 11.1 Å². The van der Waals surface area contributed by atoms with Gasteiger partial charge in [-0.2, -0.15) is 0 Å². The van der Waals surface area contributed by atoms with Gasteiger partial charge in [0.25, 0.3) is 5.91 Å². The molecule has 5 rings (SSSR count). The smallest absolute Gasteiger partial charge is 0.410 e. The summed E-state index contributed by atoms with van der Waals surface area (Å²) in [7, 11) is 0. The first-order valence-corrected chi connectivity index (χ1v) is 14.1. The Morgan fingerprint density at radius 1 is 1.13 bits per heavy atom. The number of fused-ring (bicyclic) bond motifs is 1. The van der Waals surface area contributed by atoms with E-state index in [1.54, 1.807) is 15.9 Å². The Labute approximate surface area is 230 Å². The number of hydrogen-bond donors (Lipinski definition) is 0. The maximum Gasteiger partial charge on any atom is 0.410 e. The fourth-order valence-corrected chi connectivity index (χ4v) is 5.57. The normalized spacial score (nSPS) is 17.7. The first-order valence-electron chi connectivity index (χ1n) is 14.1. The minimum atomic E-state index is -0.550. The molecule has 1 atom stereocenters. The second-order valence-electron chi connectivity index (χ2n) is 12.1. The predicted octanol–water partition coefficient (Wildman–Crippen LogP) is 6.61. The number of likely N-dealkylation sites (tertiary alicyclic amines) is 1. The van der Waals surface area contributed by atoms with Crippen molar-refractivity contribution < 1.29 is 18.7 Å². The molecule has 208 valence electrons. The van der Waals surface area contributed by atoms with Crippen LogP contribution in [0.15, 0.2) is 36.7 Å². The van der Waals surface area contributed by atoms with Crippen LogP contribution in [0.4, 0.5) is 9.18 Å². The molecule has 0 radical (unpaired) electrons. The lowest BCUT2D eigenvalue weighted by Crippen LogP contribution is -2.37. The lowest BCUT2D eigenvalue weighted by molar-refractivity contribution is 0.0292. The quantitative estimate of drug-likeness (QED) is 0.357. The van der Waals surface area contributed by atoms with E-state index in [9.17, 15) is 14.0 Å². The van der Waals surface area contributed by atoms with Crippen LogP contribution in [0, 0.1) is 5.82 Å². The van der Waals surface area contributed by atoms with Gasteiger partial charge in [0.1, 0.15) is 17.2 Å². The third kappa shape index (κ3) is 5.52. The second-order valence-corrected chi connectivity index (χ2v) is 12.1. The van der Waals surface area contributed by atoms with Crippen molar-refractivity contribution in [2.45, 2.75) is 84.3 Å². The largest absolute Gasteiger partial charge is 0.444 e. The molecule has 2 aromatic heterocycles. The van der Waals surface area contributed by atoms with Gasteiger partial charge in [0.05, 0.1) is 17.3 Å². The molecule has 3 aromatic rings. The number of carbonyl (C=O) groups excluding carboxylic acids is 2. The molecule has 1 aromatic carbocycles. The molecular weight excluding hydrogens is 495 g/mol. The van der Waals surface area contributed by atoms with Crippen LogP contribution >= 0.6 is 0 Å². The number of nitrogens with zero attached hydrogens (tertiary/aromatic N) is 4. The van der Waals surface area contributed by atoms with Crippen molar-refractivity contribution in [3.05, 3.63) is 59.4 Å². The molecule has 1 unspecified atom stereocenters.